The van der Waals surface area contributed by atoms with Crippen LogP contribution in [0.5, 0.6) is 0 Å². The van der Waals surface area contributed by atoms with Gasteiger partial charge in [-0.15, -0.1) is 0 Å². The fourth-order valence-corrected chi connectivity index (χ4v) is 2.60. The number of hydrogen-bond donors (Lipinski definition) is 1. The van der Waals surface area contributed by atoms with Crippen molar-refractivity contribution in [2.24, 2.45) is 5.41 Å². The summed E-state index contributed by atoms with van der Waals surface area (Å²) in [6.07, 6.45) is 0.965. The molecule has 1 fully saturated rings. The van der Waals surface area contributed by atoms with Crippen molar-refractivity contribution in [3.63, 3.8) is 0 Å². The molecule has 0 spiro atoms. The van der Waals surface area contributed by atoms with Crippen LogP contribution in [-0.2, 0) is 0 Å². The first-order valence-corrected chi connectivity index (χ1v) is 7.50. The molecule has 1 atom stereocenters. The molecule has 0 aliphatic carbocycles. The fraction of sp³-hybridized carbons (Fsp3) is 0.769. The van der Waals surface area contributed by atoms with Gasteiger partial charge in [0.05, 0.1) is 0 Å². The number of halogens is 1. The van der Waals surface area contributed by atoms with E-state index in [4.69, 9.17) is 19.6 Å². The lowest BCUT2D eigenvalue weighted by molar-refractivity contribution is 0.416. The number of hydrogen-bond acceptors (Lipinski definition) is 6. The Hall–Kier alpha value is -1.08. The molecule has 0 unspecified atom stereocenters. The van der Waals surface area contributed by atoms with Gasteiger partial charge in [0, 0.05) is 26.2 Å². The van der Waals surface area contributed by atoms with E-state index in [2.05, 4.69) is 41.0 Å². The molecule has 2 heterocycles. The largest absolute Gasteiger partial charge is 0.352 e. The molecule has 21 heavy (non-hydrogen) atoms. The minimum Gasteiger partial charge on any atom is -0.352 e. The Balaban J connectivity index is 2.09. The van der Waals surface area contributed by atoms with Crippen molar-refractivity contribution >= 4 is 31.5 Å². The molecule has 1 aromatic rings. The average Bonchev–Trinajstić information content (AvgIpc) is 2.71. The third-order valence-corrected chi connectivity index (χ3v) is 3.37. The molecule has 2 rings (SSSR count). The van der Waals surface area contributed by atoms with Crippen LogP contribution < -0.4 is 10.2 Å². The molecule has 1 aromatic heterocycles. The highest BCUT2D eigenvalue weighted by Gasteiger charge is 2.21. The van der Waals surface area contributed by atoms with Crippen molar-refractivity contribution < 1.29 is 0 Å². The lowest BCUT2D eigenvalue weighted by Crippen LogP contribution is -2.31. The van der Waals surface area contributed by atoms with Crippen molar-refractivity contribution in [3.05, 3.63) is 5.28 Å². The van der Waals surface area contributed by atoms with E-state index in [1.54, 1.807) is 4.81 Å². The van der Waals surface area contributed by atoms with Crippen LogP contribution in [0.1, 0.15) is 27.2 Å². The Bertz CT molecular complexity index is 492. The smallest absolute Gasteiger partial charge is 0.231 e. The highest BCUT2D eigenvalue weighted by Crippen LogP contribution is 2.20. The zero-order valence-electron chi connectivity index (χ0n) is 13.1. The van der Waals surface area contributed by atoms with Gasteiger partial charge in [0.1, 0.15) is 0 Å². The first kappa shape index (κ1) is 16.3. The predicted octanol–water partition coefficient (Wildman–Crippen LogP) is 1.58. The van der Waals surface area contributed by atoms with Crippen LogP contribution in [0.2, 0.25) is 5.28 Å². The van der Waals surface area contributed by atoms with Gasteiger partial charge in [-0.05, 0) is 30.0 Å². The van der Waals surface area contributed by atoms with E-state index < -0.39 is 0 Å². The van der Waals surface area contributed by atoms with Crippen LogP contribution in [0.15, 0.2) is 0 Å². The molecule has 2 radical (unpaired) electrons. The molecule has 114 valence electrons. The molecule has 0 bridgehead atoms. The topological polar surface area (TPSA) is 57.2 Å². The monoisotopic (exact) mass is 308 g/mol. The number of anilines is 2. The summed E-state index contributed by atoms with van der Waals surface area (Å²) in [5.41, 5.74) is 0.146. The zero-order valence-corrected chi connectivity index (χ0v) is 13.9. The van der Waals surface area contributed by atoms with E-state index in [1.165, 1.54) is 0 Å². The molecule has 1 aliphatic rings. The predicted molar refractivity (Wildman–Crippen MR) is 86.9 cm³/mol. The highest BCUT2D eigenvalue weighted by atomic mass is 35.5. The summed E-state index contributed by atoms with van der Waals surface area (Å²) >= 11 is 6.02. The summed E-state index contributed by atoms with van der Waals surface area (Å²) in [5, 5.41) is 3.48. The maximum Gasteiger partial charge on any atom is 0.231 e. The first-order valence-electron chi connectivity index (χ1n) is 7.12. The second-order valence-corrected chi connectivity index (χ2v) is 7.11. The number of nitrogens with zero attached hydrogens (tertiary/aromatic N) is 5. The molecule has 1 saturated heterocycles. The molecule has 0 amide bonds. The van der Waals surface area contributed by atoms with Crippen molar-refractivity contribution in [2.45, 2.75) is 33.2 Å². The van der Waals surface area contributed by atoms with Gasteiger partial charge in [-0.1, -0.05) is 20.8 Å². The van der Waals surface area contributed by atoms with E-state index in [-0.39, 0.29) is 16.7 Å². The Morgan fingerprint density at radius 2 is 2.10 bits per heavy atom. The maximum atomic E-state index is 6.02. The van der Waals surface area contributed by atoms with Crippen molar-refractivity contribution in [1.29, 1.82) is 0 Å². The second kappa shape index (κ2) is 6.36. The van der Waals surface area contributed by atoms with Crippen LogP contribution in [0.4, 0.5) is 11.9 Å². The van der Waals surface area contributed by atoms with Gasteiger partial charge < -0.3 is 15.0 Å². The van der Waals surface area contributed by atoms with E-state index in [9.17, 15) is 0 Å². The van der Waals surface area contributed by atoms with Crippen molar-refractivity contribution in [1.82, 2.24) is 19.8 Å². The fourth-order valence-electron chi connectivity index (χ4n) is 2.44. The van der Waals surface area contributed by atoms with E-state index in [0.717, 1.165) is 26.1 Å². The summed E-state index contributed by atoms with van der Waals surface area (Å²) in [6, 6.07) is 0.245. The standard InChI is InChI=1S/C13H22BClN6/c1-13(2,3)8-20(4)12-18-10(15)17-11(19-12)16-9-5-6-21(14)7-9/h9H,5-8H2,1-4H3,(H,16,17,18,19)/t9-/m1/s1. The molecule has 8 heteroatoms. The molecule has 1 aliphatic heterocycles. The summed E-state index contributed by atoms with van der Waals surface area (Å²) in [6.45, 7) is 8.97. The Morgan fingerprint density at radius 3 is 2.67 bits per heavy atom. The zero-order chi connectivity index (χ0) is 15.6. The Labute approximate surface area is 132 Å². The number of aromatic nitrogens is 3. The first-order chi connectivity index (χ1) is 9.73. The van der Waals surface area contributed by atoms with Crippen LogP contribution in [0.25, 0.3) is 0 Å². The van der Waals surface area contributed by atoms with Gasteiger partial charge >= 0.3 is 0 Å². The molecule has 6 nitrogen and oxygen atoms in total. The molecular formula is C13H22BClN6. The maximum absolute atomic E-state index is 6.02. The SMILES string of the molecule is [B]N1CC[C@@H](Nc2nc(Cl)nc(N(C)CC(C)(C)C)n2)C1. The molecule has 0 saturated carbocycles. The van der Waals surface area contributed by atoms with Crippen LogP contribution in [-0.4, -0.2) is 60.5 Å². The van der Waals surface area contributed by atoms with Gasteiger partial charge in [-0.25, -0.2) is 0 Å². The minimum absolute atomic E-state index is 0.146. The van der Waals surface area contributed by atoms with E-state index in [1.807, 2.05) is 11.9 Å². The van der Waals surface area contributed by atoms with Crippen molar-refractivity contribution in [3.8, 4) is 0 Å². The second-order valence-electron chi connectivity index (χ2n) is 6.77. The number of rotatable bonds is 4. The van der Waals surface area contributed by atoms with Crippen LogP contribution >= 0.6 is 11.6 Å². The van der Waals surface area contributed by atoms with Gasteiger partial charge in [0.2, 0.25) is 17.2 Å². The quantitative estimate of drug-likeness (QED) is 0.852. The van der Waals surface area contributed by atoms with Crippen LogP contribution in [0.3, 0.4) is 0 Å². The average molecular weight is 309 g/mol. The Kier molecular flexibility index (Phi) is 4.93. The van der Waals surface area contributed by atoms with Crippen LogP contribution in [0, 0.1) is 5.41 Å². The lowest BCUT2D eigenvalue weighted by Gasteiger charge is -2.26. The third kappa shape index (κ3) is 5.00. The minimum atomic E-state index is 0.146. The van der Waals surface area contributed by atoms with Gasteiger partial charge in [-0.2, -0.15) is 15.0 Å². The number of nitrogens with one attached hydrogen (secondary N) is 1. The molecule has 1 N–H and O–H groups in total. The highest BCUT2D eigenvalue weighted by molar-refractivity contribution is 6.28. The summed E-state index contributed by atoms with van der Waals surface area (Å²) < 4.78 is 0. The molecular weight excluding hydrogens is 286 g/mol. The van der Waals surface area contributed by atoms with Crippen molar-refractivity contribution in [2.75, 3.05) is 36.9 Å². The molecule has 0 aromatic carbocycles. The third-order valence-electron chi connectivity index (χ3n) is 3.20. The Morgan fingerprint density at radius 1 is 1.38 bits per heavy atom. The van der Waals surface area contributed by atoms with E-state index >= 15 is 0 Å². The summed E-state index contributed by atoms with van der Waals surface area (Å²) in [5.74, 6) is 1.08. The van der Waals surface area contributed by atoms with Gasteiger partial charge in [0.25, 0.3) is 0 Å². The summed E-state index contributed by atoms with van der Waals surface area (Å²) in [7, 11) is 7.72. The summed E-state index contributed by atoms with van der Waals surface area (Å²) in [4.78, 5) is 16.6. The van der Waals surface area contributed by atoms with Gasteiger partial charge in [0.15, 0.2) is 7.98 Å². The van der Waals surface area contributed by atoms with Gasteiger partial charge in [-0.3, -0.25) is 0 Å². The normalized spacial score (nSPS) is 19.8. The lowest BCUT2D eigenvalue weighted by atomic mass is 9.96. The van der Waals surface area contributed by atoms with E-state index in [0.29, 0.717) is 11.9 Å².